The molecule has 5 nitrogen and oxygen atoms in total. The van der Waals surface area contributed by atoms with Crippen LogP contribution in [0.25, 0.3) is 0 Å². The second-order valence-corrected chi connectivity index (χ2v) is 7.79. The lowest BCUT2D eigenvalue weighted by atomic mass is 9.94. The third-order valence-corrected chi connectivity index (χ3v) is 5.15. The Morgan fingerprint density at radius 3 is 2.59 bits per heavy atom. The third-order valence-electron chi connectivity index (χ3n) is 3.84. The van der Waals surface area contributed by atoms with Crippen LogP contribution in [0.2, 0.25) is 5.02 Å². The molecule has 0 radical (unpaired) electrons. The molecule has 0 aliphatic heterocycles. The Hall–Kier alpha value is -2.64. The van der Waals surface area contributed by atoms with E-state index in [4.69, 9.17) is 16.0 Å². The molecule has 2 aromatic heterocycles. The summed E-state index contributed by atoms with van der Waals surface area (Å²) in [5.74, 6) is -0.987. The minimum Gasteiger partial charge on any atom is -0.459 e. The van der Waals surface area contributed by atoms with Gasteiger partial charge in [-0.2, -0.15) is 0 Å². The molecule has 2 amide bonds. The van der Waals surface area contributed by atoms with Gasteiger partial charge in [-0.1, -0.05) is 17.7 Å². The molecule has 140 valence electrons. The monoisotopic (exact) mass is 406 g/mol. The van der Waals surface area contributed by atoms with Gasteiger partial charge in [0, 0.05) is 5.02 Å². The van der Waals surface area contributed by atoms with Gasteiger partial charge >= 0.3 is 0 Å². The molecule has 0 spiro atoms. The highest BCUT2D eigenvalue weighted by Crippen LogP contribution is 2.30. The summed E-state index contributed by atoms with van der Waals surface area (Å²) < 4.78 is 18.3. The van der Waals surface area contributed by atoms with Crippen LogP contribution in [0, 0.1) is 5.82 Å². The number of hydrogen-bond donors (Lipinski definition) is 2. The number of anilines is 1. The number of amides is 2. The topological polar surface area (TPSA) is 71.3 Å². The molecule has 0 saturated carbocycles. The molecular formula is C19H16ClFN2O3S. The lowest BCUT2D eigenvalue weighted by Crippen LogP contribution is -2.40. The Morgan fingerprint density at radius 1 is 1.15 bits per heavy atom. The van der Waals surface area contributed by atoms with Crippen LogP contribution in [0.4, 0.5) is 9.39 Å². The lowest BCUT2D eigenvalue weighted by molar-refractivity contribution is 0.0915. The maximum atomic E-state index is 13.3. The molecule has 2 heterocycles. The molecule has 3 rings (SSSR count). The van der Waals surface area contributed by atoms with E-state index in [0.29, 0.717) is 15.4 Å². The molecule has 0 saturated heterocycles. The maximum Gasteiger partial charge on any atom is 0.291 e. The van der Waals surface area contributed by atoms with E-state index in [0.717, 1.165) is 11.3 Å². The first-order chi connectivity index (χ1) is 12.8. The average Bonchev–Trinajstić information content (AvgIpc) is 3.25. The molecule has 0 bridgehead atoms. The van der Waals surface area contributed by atoms with E-state index < -0.39 is 17.3 Å². The maximum absolute atomic E-state index is 13.3. The summed E-state index contributed by atoms with van der Waals surface area (Å²) in [6.07, 6.45) is 1.41. The molecule has 0 fully saturated rings. The van der Waals surface area contributed by atoms with Crippen LogP contribution in [0.1, 0.15) is 39.6 Å². The number of hydrogen-bond acceptors (Lipinski definition) is 4. The van der Waals surface area contributed by atoms with Gasteiger partial charge in [-0.15, -0.1) is 11.3 Å². The first-order valence-corrected chi connectivity index (χ1v) is 9.18. The van der Waals surface area contributed by atoms with Crippen molar-refractivity contribution in [1.82, 2.24) is 5.32 Å². The summed E-state index contributed by atoms with van der Waals surface area (Å²) in [5.41, 5.74) is -0.217. The highest BCUT2D eigenvalue weighted by Gasteiger charge is 2.27. The summed E-state index contributed by atoms with van der Waals surface area (Å²) in [7, 11) is 0. The van der Waals surface area contributed by atoms with Crippen LogP contribution in [0.3, 0.4) is 0 Å². The SMILES string of the molecule is CC(C)(NC(=O)c1ccc(NC(=O)c2ccco2)s1)c1ccc(F)cc1Cl. The Labute approximate surface area is 164 Å². The van der Waals surface area contributed by atoms with Crippen molar-refractivity contribution in [2.45, 2.75) is 19.4 Å². The standard InChI is InChI=1S/C19H16ClFN2O3S/c1-19(2,12-6-5-11(21)10-13(12)20)23-18(25)15-7-8-16(27-15)22-17(24)14-4-3-9-26-14/h3-10H,1-2H3,(H,22,24)(H,23,25). The molecule has 0 aliphatic rings. The highest BCUT2D eigenvalue weighted by molar-refractivity contribution is 7.18. The lowest BCUT2D eigenvalue weighted by Gasteiger charge is -2.27. The predicted octanol–water partition coefficient (Wildman–Crippen LogP) is 5.05. The smallest absolute Gasteiger partial charge is 0.291 e. The number of carbonyl (C=O) groups is 2. The van der Waals surface area contributed by atoms with Gasteiger partial charge in [0.15, 0.2) is 5.76 Å². The predicted molar refractivity (Wildman–Crippen MR) is 103 cm³/mol. The van der Waals surface area contributed by atoms with E-state index in [2.05, 4.69) is 10.6 Å². The highest BCUT2D eigenvalue weighted by atomic mass is 35.5. The van der Waals surface area contributed by atoms with Crippen molar-refractivity contribution in [3.05, 3.63) is 75.8 Å². The van der Waals surface area contributed by atoms with Gasteiger partial charge in [-0.25, -0.2) is 4.39 Å². The summed E-state index contributed by atoms with van der Waals surface area (Å²) >= 11 is 7.24. The van der Waals surface area contributed by atoms with Gasteiger partial charge in [0.25, 0.3) is 11.8 Å². The van der Waals surface area contributed by atoms with Crippen molar-refractivity contribution >= 4 is 39.8 Å². The minimum atomic E-state index is -0.816. The molecule has 1 aromatic carbocycles. The van der Waals surface area contributed by atoms with E-state index in [9.17, 15) is 14.0 Å². The first kappa shape index (κ1) is 19.1. The van der Waals surface area contributed by atoms with Crippen LogP contribution >= 0.6 is 22.9 Å². The number of carbonyl (C=O) groups excluding carboxylic acids is 2. The van der Waals surface area contributed by atoms with E-state index in [1.807, 2.05) is 0 Å². The van der Waals surface area contributed by atoms with Gasteiger partial charge < -0.3 is 15.1 Å². The normalized spacial score (nSPS) is 11.3. The molecule has 8 heteroatoms. The van der Waals surface area contributed by atoms with Crippen LogP contribution < -0.4 is 10.6 Å². The van der Waals surface area contributed by atoms with Gasteiger partial charge in [-0.3, -0.25) is 9.59 Å². The molecule has 3 aromatic rings. The van der Waals surface area contributed by atoms with Crippen LogP contribution in [0.5, 0.6) is 0 Å². The fraction of sp³-hybridized carbons (Fsp3) is 0.158. The van der Waals surface area contributed by atoms with Gasteiger partial charge in [0.2, 0.25) is 0 Å². The Morgan fingerprint density at radius 2 is 1.93 bits per heavy atom. The number of rotatable bonds is 5. The zero-order chi connectivity index (χ0) is 19.6. The fourth-order valence-corrected chi connectivity index (χ4v) is 3.72. The molecular weight excluding hydrogens is 391 g/mol. The third kappa shape index (κ3) is 4.37. The molecule has 0 atom stereocenters. The number of thiophene rings is 1. The van der Waals surface area contributed by atoms with Crippen molar-refractivity contribution in [3.8, 4) is 0 Å². The Kier molecular flexibility index (Phi) is 5.34. The number of benzene rings is 1. The van der Waals surface area contributed by atoms with E-state index in [1.54, 1.807) is 44.2 Å². The van der Waals surface area contributed by atoms with Crippen molar-refractivity contribution in [2.24, 2.45) is 0 Å². The number of furan rings is 1. The minimum absolute atomic E-state index is 0.182. The Bertz CT molecular complexity index is 983. The van der Waals surface area contributed by atoms with Crippen LogP contribution in [0.15, 0.2) is 53.1 Å². The number of halogens is 2. The van der Waals surface area contributed by atoms with Gasteiger partial charge in [0.1, 0.15) is 5.82 Å². The molecule has 0 aliphatic carbocycles. The van der Waals surface area contributed by atoms with Crippen LogP contribution in [-0.2, 0) is 5.54 Å². The molecule has 27 heavy (non-hydrogen) atoms. The average molecular weight is 407 g/mol. The molecule has 0 unspecified atom stereocenters. The van der Waals surface area contributed by atoms with Crippen LogP contribution in [-0.4, -0.2) is 11.8 Å². The molecule has 2 N–H and O–H groups in total. The second-order valence-electron chi connectivity index (χ2n) is 6.30. The summed E-state index contributed by atoms with van der Waals surface area (Å²) in [4.78, 5) is 25.0. The second kappa shape index (κ2) is 7.54. The van der Waals surface area contributed by atoms with Crippen molar-refractivity contribution in [3.63, 3.8) is 0 Å². The van der Waals surface area contributed by atoms with E-state index in [-0.39, 0.29) is 16.7 Å². The summed E-state index contributed by atoms with van der Waals surface area (Å²) in [6.45, 7) is 3.55. The number of nitrogens with one attached hydrogen (secondary N) is 2. The summed E-state index contributed by atoms with van der Waals surface area (Å²) in [6, 6.07) is 10.5. The summed E-state index contributed by atoms with van der Waals surface area (Å²) in [5, 5.41) is 6.30. The van der Waals surface area contributed by atoms with Crippen molar-refractivity contribution in [1.29, 1.82) is 0 Å². The quantitative estimate of drug-likeness (QED) is 0.622. The van der Waals surface area contributed by atoms with Crippen molar-refractivity contribution < 1.29 is 18.4 Å². The van der Waals surface area contributed by atoms with E-state index >= 15 is 0 Å². The Balaban J connectivity index is 1.71. The van der Waals surface area contributed by atoms with Gasteiger partial charge in [-0.05, 0) is 55.8 Å². The fourth-order valence-electron chi connectivity index (χ4n) is 2.52. The largest absolute Gasteiger partial charge is 0.459 e. The zero-order valence-corrected chi connectivity index (χ0v) is 16.1. The first-order valence-electron chi connectivity index (χ1n) is 7.99. The van der Waals surface area contributed by atoms with Crippen molar-refractivity contribution in [2.75, 3.05) is 5.32 Å². The van der Waals surface area contributed by atoms with E-state index in [1.165, 1.54) is 18.4 Å². The zero-order valence-electron chi connectivity index (χ0n) is 14.5. The van der Waals surface area contributed by atoms with Gasteiger partial charge in [0.05, 0.1) is 21.7 Å².